The van der Waals surface area contributed by atoms with Gasteiger partial charge in [0.05, 0.1) is 11.4 Å². The molecular formula is C19H22N4O. The van der Waals surface area contributed by atoms with E-state index in [2.05, 4.69) is 38.1 Å². The van der Waals surface area contributed by atoms with Crippen molar-refractivity contribution in [3.05, 3.63) is 54.2 Å². The van der Waals surface area contributed by atoms with Gasteiger partial charge in [-0.05, 0) is 38.0 Å². The van der Waals surface area contributed by atoms with E-state index >= 15 is 0 Å². The van der Waals surface area contributed by atoms with Crippen LogP contribution >= 0.6 is 0 Å². The first-order chi connectivity index (χ1) is 11.8. The van der Waals surface area contributed by atoms with Crippen LogP contribution in [0.5, 0.6) is 5.75 Å². The van der Waals surface area contributed by atoms with Gasteiger partial charge >= 0.3 is 0 Å². The van der Waals surface area contributed by atoms with Crippen LogP contribution in [-0.4, -0.2) is 39.0 Å². The molecule has 5 nitrogen and oxygen atoms in total. The summed E-state index contributed by atoms with van der Waals surface area (Å²) >= 11 is 0. The summed E-state index contributed by atoms with van der Waals surface area (Å²) in [6.07, 6.45) is 7.85. The summed E-state index contributed by atoms with van der Waals surface area (Å²) in [5.41, 5.74) is 3.23. The summed E-state index contributed by atoms with van der Waals surface area (Å²) in [6.45, 7) is 4.96. The van der Waals surface area contributed by atoms with Crippen LogP contribution in [0.1, 0.15) is 24.2 Å². The standard InChI is InChI=1S/C19H22N4O/c1-14-18(22-10-9-20-14)13-23-11-6-15(7-12-23)24-19-4-2-3-17-16(19)5-8-21-17/h2-5,8-10,15,21H,6-7,11-13H2,1H3. The summed E-state index contributed by atoms with van der Waals surface area (Å²) in [5.74, 6) is 0.983. The van der Waals surface area contributed by atoms with Gasteiger partial charge in [-0.25, -0.2) is 0 Å². The van der Waals surface area contributed by atoms with Crippen LogP contribution in [0.25, 0.3) is 10.9 Å². The molecule has 1 aliphatic heterocycles. The van der Waals surface area contributed by atoms with E-state index < -0.39 is 0 Å². The molecule has 1 aromatic carbocycles. The molecule has 0 atom stereocenters. The molecule has 0 aliphatic carbocycles. The second-order valence-electron chi connectivity index (χ2n) is 6.38. The fourth-order valence-electron chi connectivity index (χ4n) is 3.33. The molecule has 1 saturated heterocycles. The lowest BCUT2D eigenvalue weighted by atomic mass is 10.1. The van der Waals surface area contributed by atoms with Gasteiger partial charge in [0.1, 0.15) is 11.9 Å². The molecular weight excluding hydrogens is 300 g/mol. The first-order valence-corrected chi connectivity index (χ1v) is 8.51. The average Bonchev–Trinajstić information content (AvgIpc) is 3.08. The van der Waals surface area contributed by atoms with Gasteiger partial charge < -0.3 is 9.72 Å². The predicted molar refractivity (Wildman–Crippen MR) is 94.0 cm³/mol. The number of rotatable bonds is 4. The molecule has 0 saturated carbocycles. The minimum atomic E-state index is 0.282. The average molecular weight is 322 g/mol. The number of hydrogen-bond acceptors (Lipinski definition) is 4. The fourth-order valence-corrected chi connectivity index (χ4v) is 3.33. The van der Waals surface area contributed by atoms with Crippen LogP contribution in [0, 0.1) is 6.92 Å². The highest BCUT2D eigenvalue weighted by molar-refractivity contribution is 5.85. The third kappa shape index (κ3) is 3.12. The molecule has 1 N–H and O–H groups in total. The molecule has 1 aliphatic rings. The Hall–Kier alpha value is -2.40. The van der Waals surface area contributed by atoms with E-state index in [0.717, 1.165) is 60.5 Å². The molecule has 124 valence electrons. The van der Waals surface area contributed by atoms with E-state index in [0.29, 0.717) is 0 Å². The Morgan fingerprint density at radius 1 is 1.17 bits per heavy atom. The summed E-state index contributed by atoms with van der Waals surface area (Å²) in [7, 11) is 0. The van der Waals surface area contributed by atoms with E-state index in [1.165, 1.54) is 0 Å². The fraction of sp³-hybridized carbons (Fsp3) is 0.368. The number of fused-ring (bicyclic) bond motifs is 1. The number of hydrogen-bond donors (Lipinski definition) is 1. The number of H-pyrrole nitrogens is 1. The van der Waals surface area contributed by atoms with Crippen LogP contribution in [0.2, 0.25) is 0 Å². The van der Waals surface area contributed by atoms with Crippen LogP contribution in [0.15, 0.2) is 42.9 Å². The number of piperidine rings is 1. The lowest BCUT2D eigenvalue weighted by molar-refractivity contribution is 0.0971. The lowest BCUT2D eigenvalue weighted by Gasteiger charge is -2.32. The van der Waals surface area contributed by atoms with Crippen LogP contribution < -0.4 is 4.74 Å². The van der Waals surface area contributed by atoms with E-state index in [1.807, 2.05) is 19.2 Å². The Bertz CT molecular complexity index is 821. The maximum absolute atomic E-state index is 6.27. The second kappa shape index (κ2) is 6.61. The van der Waals surface area contributed by atoms with Crippen molar-refractivity contribution in [1.29, 1.82) is 0 Å². The molecule has 3 heterocycles. The zero-order valence-electron chi connectivity index (χ0n) is 13.9. The summed E-state index contributed by atoms with van der Waals surface area (Å²) in [6, 6.07) is 8.26. The highest BCUT2D eigenvalue weighted by atomic mass is 16.5. The smallest absolute Gasteiger partial charge is 0.129 e. The molecule has 0 radical (unpaired) electrons. The Balaban J connectivity index is 1.36. The number of ether oxygens (including phenoxy) is 1. The predicted octanol–water partition coefficient (Wildman–Crippen LogP) is 3.31. The minimum Gasteiger partial charge on any atom is -0.490 e. The van der Waals surface area contributed by atoms with E-state index in [9.17, 15) is 0 Å². The SMILES string of the molecule is Cc1nccnc1CN1CCC(Oc2cccc3[nH]ccc23)CC1. The van der Waals surface area contributed by atoms with Gasteiger partial charge in [0.15, 0.2) is 0 Å². The Morgan fingerprint density at radius 3 is 2.83 bits per heavy atom. The normalized spacial score (nSPS) is 16.5. The van der Waals surface area contributed by atoms with E-state index in [4.69, 9.17) is 4.74 Å². The zero-order valence-corrected chi connectivity index (χ0v) is 13.9. The lowest BCUT2D eigenvalue weighted by Crippen LogP contribution is -2.38. The van der Waals surface area contributed by atoms with Crippen LogP contribution in [0.3, 0.4) is 0 Å². The van der Waals surface area contributed by atoms with Gasteiger partial charge in [-0.3, -0.25) is 14.9 Å². The van der Waals surface area contributed by atoms with Gasteiger partial charge in [-0.1, -0.05) is 6.07 Å². The summed E-state index contributed by atoms with van der Waals surface area (Å²) < 4.78 is 6.27. The van der Waals surface area contributed by atoms with Gasteiger partial charge in [-0.15, -0.1) is 0 Å². The highest BCUT2D eigenvalue weighted by Crippen LogP contribution is 2.27. The van der Waals surface area contributed by atoms with Gasteiger partial charge in [-0.2, -0.15) is 0 Å². The molecule has 0 unspecified atom stereocenters. The number of aromatic amines is 1. The van der Waals surface area contributed by atoms with Crippen LogP contribution in [0.4, 0.5) is 0 Å². The summed E-state index contributed by atoms with van der Waals surface area (Å²) in [5, 5.41) is 1.16. The number of likely N-dealkylation sites (tertiary alicyclic amines) is 1. The largest absolute Gasteiger partial charge is 0.490 e. The molecule has 4 rings (SSSR count). The highest BCUT2D eigenvalue weighted by Gasteiger charge is 2.22. The quantitative estimate of drug-likeness (QED) is 0.801. The van der Waals surface area contributed by atoms with Crippen molar-refractivity contribution in [2.24, 2.45) is 0 Å². The second-order valence-corrected chi connectivity index (χ2v) is 6.38. The van der Waals surface area contributed by atoms with Crippen molar-refractivity contribution in [2.45, 2.75) is 32.4 Å². The zero-order chi connectivity index (χ0) is 16.4. The number of benzene rings is 1. The van der Waals surface area contributed by atoms with Crippen molar-refractivity contribution in [2.75, 3.05) is 13.1 Å². The van der Waals surface area contributed by atoms with Crippen molar-refractivity contribution in [3.8, 4) is 5.75 Å². The minimum absolute atomic E-state index is 0.282. The number of nitrogens with one attached hydrogen (secondary N) is 1. The first-order valence-electron chi connectivity index (χ1n) is 8.51. The Labute approximate surface area is 141 Å². The molecule has 0 amide bonds. The van der Waals surface area contributed by atoms with Gasteiger partial charge in [0.25, 0.3) is 0 Å². The maximum Gasteiger partial charge on any atom is 0.129 e. The molecule has 2 aromatic heterocycles. The molecule has 0 spiro atoms. The molecule has 24 heavy (non-hydrogen) atoms. The van der Waals surface area contributed by atoms with Gasteiger partial charge in [0, 0.05) is 49.1 Å². The molecule has 5 heteroatoms. The van der Waals surface area contributed by atoms with E-state index in [-0.39, 0.29) is 6.10 Å². The Morgan fingerprint density at radius 2 is 2.00 bits per heavy atom. The number of nitrogens with zero attached hydrogens (tertiary/aromatic N) is 3. The van der Waals surface area contributed by atoms with Crippen molar-refractivity contribution >= 4 is 10.9 Å². The molecule has 1 fully saturated rings. The van der Waals surface area contributed by atoms with Gasteiger partial charge in [0.2, 0.25) is 0 Å². The Kier molecular flexibility index (Phi) is 4.17. The van der Waals surface area contributed by atoms with Crippen LogP contribution in [-0.2, 0) is 6.54 Å². The van der Waals surface area contributed by atoms with Crippen molar-refractivity contribution in [1.82, 2.24) is 19.9 Å². The third-order valence-electron chi connectivity index (χ3n) is 4.74. The summed E-state index contributed by atoms with van der Waals surface area (Å²) in [4.78, 5) is 14.4. The third-order valence-corrected chi connectivity index (χ3v) is 4.74. The first kappa shape index (κ1) is 15.1. The van der Waals surface area contributed by atoms with E-state index in [1.54, 1.807) is 12.4 Å². The monoisotopic (exact) mass is 322 g/mol. The molecule has 3 aromatic rings. The number of aromatic nitrogens is 3. The topological polar surface area (TPSA) is 54.0 Å². The molecule has 0 bridgehead atoms. The van der Waals surface area contributed by atoms with Crippen molar-refractivity contribution < 1.29 is 4.74 Å². The maximum atomic E-state index is 6.27. The van der Waals surface area contributed by atoms with Crippen molar-refractivity contribution in [3.63, 3.8) is 0 Å². The number of aryl methyl sites for hydroxylation is 1.